The van der Waals surface area contributed by atoms with Crippen LogP contribution in [0.4, 0.5) is 0 Å². The predicted octanol–water partition coefficient (Wildman–Crippen LogP) is 4.06. The van der Waals surface area contributed by atoms with Crippen LogP contribution in [0, 0.1) is 0 Å². The molecule has 1 aliphatic heterocycles. The van der Waals surface area contributed by atoms with Crippen molar-refractivity contribution in [2.45, 2.75) is 6.92 Å². The van der Waals surface area contributed by atoms with E-state index in [-0.39, 0.29) is 5.97 Å². The molecule has 114 valence electrons. The fraction of sp³-hybridized carbons (Fsp3) is 0.167. The molecule has 0 spiro atoms. The first-order valence-electron chi connectivity index (χ1n) is 6.86. The summed E-state index contributed by atoms with van der Waals surface area (Å²) in [6, 6.07) is 15.2. The Labute approximate surface area is 129 Å². The van der Waals surface area contributed by atoms with E-state index in [1.54, 1.807) is 20.1 Å². The molecule has 3 rings (SSSR count). The van der Waals surface area contributed by atoms with Crippen LogP contribution in [0.2, 0.25) is 0 Å². The van der Waals surface area contributed by atoms with E-state index < -0.39 is 0 Å². The lowest BCUT2D eigenvalue weighted by molar-refractivity contribution is -0.133. The van der Waals surface area contributed by atoms with Gasteiger partial charge in [-0.05, 0) is 25.1 Å². The van der Waals surface area contributed by atoms with Crippen LogP contribution < -0.4 is 9.47 Å². The molecule has 0 saturated carbocycles. The number of allylic oxidation sites excluding steroid dienone is 1. The Morgan fingerprint density at radius 2 is 1.59 bits per heavy atom. The molecule has 0 fully saturated rings. The predicted molar refractivity (Wildman–Crippen MR) is 85.2 cm³/mol. The average molecular weight is 298 g/mol. The largest absolute Gasteiger partial charge is 0.496 e. The lowest BCUT2D eigenvalue weighted by Crippen LogP contribution is -2.04. The Balaban J connectivity index is 0.000000205. The monoisotopic (exact) mass is 298 g/mol. The molecule has 0 unspecified atom stereocenters. The SMILES string of the molecule is CC=C(C(=O)OC)c1ccccc1OC.c1ccc2c(c1)O2. The highest BCUT2D eigenvalue weighted by Crippen LogP contribution is 2.43. The van der Waals surface area contributed by atoms with E-state index in [0.717, 1.165) is 17.1 Å². The average Bonchev–Trinajstić information content (AvgIpc) is 3.36. The van der Waals surface area contributed by atoms with Gasteiger partial charge in [-0.3, -0.25) is 0 Å². The van der Waals surface area contributed by atoms with Gasteiger partial charge >= 0.3 is 5.97 Å². The number of esters is 1. The maximum atomic E-state index is 11.5. The zero-order valence-electron chi connectivity index (χ0n) is 12.8. The smallest absolute Gasteiger partial charge is 0.338 e. The Morgan fingerprint density at radius 3 is 2.09 bits per heavy atom. The molecular formula is C18H18O4. The van der Waals surface area contributed by atoms with Gasteiger partial charge in [0.25, 0.3) is 0 Å². The van der Waals surface area contributed by atoms with Crippen molar-refractivity contribution in [1.29, 1.82) is 0 Å². The molecule has 4 nitrogen and oxygen atoms in total. The van der Waals surface area contributed by atoms with Crippen LogP contribution in [-0.4, -0.2) is 20.2 Å². The number of carbonyl (C=O) groups excluding carboxylic acids is 1. The van der Waals surface area contributed by atoms with Gasteiger partial charge < -0.3 is 14.2 Å². The lowest BCUT2D eigenvalue weighted by Gasteiger charge is -2.09. The number of fused-ring (bicyclic) bond motifs is 1. The number of ether oxygens (including phenoxy) is 3. The second-order valence-corrected chi connectivity index (χ2v) is 4.44. The van der Waals surface area contributed by atoms with E-state index in [4.69, 9.17) is 14.2 Å². The molecule has 0 aromatic heterocycles. The molecule has 0 radical (unpaired) electrons. The molecule has 0 amide bonds. The van der Waals surface area contributed by atoms with Crippen molar-refractivity contribution in [2.24, 2.45) is 0 Å². The van der Waals surface area contributed by atoms with Gasteiger partial charge in [-0.15, -0.1) is 0 Å². The Hall–Kier alpha value is -2.75. The summed E-state index contributed by atoms with van der Waals surface area (Å²) in [5.41, 5.74) is 1.25. The van der Waals surface area contributed by atoms with E-state index in [1.807, 2.05) is 48.5 Å². The first-order chi connectivity index (χ1) is 10.7. The summed E-state index contributed by atoms with van der Waals surface area (Å²) in [4.78, 5) is 11.5. The standard InChI is InChI=1S/C12H14O3.C6H4O/c1-4-9(12(13)15-3)10-7-5-6-8-11(10)14-2;1-2-4-6-5(3-1)7-6/h4-8H,1-3H3;1-4H. The summed E-state index contributed by atoms with van der Waals surface area (Å²) in [6.07, 6.45) is 1.71. The molecule has 0 saturated heterocycles. The molecule has 1 heterocycles. The van der Waals surface area contributed by atoms with Gasteiger partial charge in [0.15, 0.2) is 11.5 Å². The number of benzene rings is 2. The summed E-state index contributed by atoms with van der Waals surface area (Å²) in [6.45, 7) is 1.79. The third-order valence-corrected chi connectivity index (χ3v) is 3.12. The summed E-state index contributed by atoms with van der Waals surface area (Å²) < 4.78 is 14.8. The van der Waals surface area contributed by atoms with Crippen LogP contribution in [0.3, 0.4) is 0 Å². The van der Waals surface area contributed by atoms with Gasteiger partial charge in [-0.1, -0.05) is 36.4 Å². The van der Waals surface area contributed by atoms with Gasteiger partial charge in [0.05, 0.1) is 19.8 Å². The molecule has 0 atom stereocenters. The lowest BCUT2D eigenvalue weighted by atomic mass is 10.0. The fourth-order valence-corrected chi connectivity index (χ4v) is 1.97. The van der Waals surface area contributed by atoms with Crippen LogP contribution in [-0.2, 0) is 9.53 Å². The normalized spacial score (nSPS) is 11.3. The Kier molecular flexibility index (Phi) is 5.20. The number of methoxy groups -OCH3 is 2. The summed E-state index contributed by atoms with van der Waals surface area (Å²) in [5, 5.41) is 0. The molecule has 1 aliphatic rings. The first-order valence-corrected chi connectivity index (χ1v) is 6.86. The van der Waals surface area contributed by atoms with Gasteiger partial charge in [0, 0.05) is 5.56 Å². The van der Waals surface area contributed by atoms with Crippen LogP contribution in [0.5, 0.6) is 17.2 Å². The number of hydrogen-bond donors (Lipinski definition) is 0. The maximum Gasteiger partial charge on any atom is 0.338 e. The minimum absolute atomic E-state index is 0.359. The van der Waals surface area contributed by atoms with Gasteiger partial charge in [-0.2, -0.15) is 0 Å². The highest BCUT2D eigenvalue weighted by atomic mass is 16.6. The minimum Gasteiger partial charge on any atom is -0.496 e. The van der Waals surface area contributed by atoms with Crippen LogP contribution >= 0.6 is 0 Å². The molecule has 0 N–H and O–H groups in total. The van der Waals surface area contributed by atoms with Crippen molar-refractivity contribution < 1.29 is 19.0 Å². The summed E-state index contributed by atoms with van der Waals surface area (Å²) in [5.74, 6) is 2.36. The maximum absolute atomic E-state index is 11.5. The molecule has 4 heteroatoms. The molecule has 0 bridgehead atoms. The molecule has 0 aliphatic carbocycles. The second kappa shape index (κ2) is 7.31. The van der Waals surface area contributed by atoms with Crippen molar-refractivity contribution >= 4 is 11.5 Å². The first kappa shape index (κ1) is 15.6. The van der Waals surface area contributed by atoms with Crippen molar-refractivity contribution in [3.05, 3.63) is 60.2 Å². The highest BCUT2D eigenvalue weighted by molar-refractivity contribution is 6.17. The topological polar surface area (TPSA) is 48.1 Å². The number of carbonyl (C=O) groups is 1. The van der Waals surface area contributed by atoms with Crippen molar-refractivity contribution in [1.82, 2.24) is 0 Å². The number of hydrogen-bond acceptors (Lipinski definition) is 4. The quantitative estimate of drug-likeness (QED) is 0.415. The van der Waals surface area contributed by atoms with Gasteiger partial charge in [0.2, 0.25) is 0 Å². The summed E-state index contributed by atoms with van der Waals surface area (Å²) >= 11 is 0. The Bertz CT molecular complexity index is 668. The van der Waals surface area contributed by atoms with E-state index in [2.05, 4.69) is 0 Å². The number of para-hydroxylation sites is 3. The highest BCUT2D eigenvalue weighted by Gasteiger charge is 2.16. The van der Waals surface area contributed by atoms with Crippen LogP contribution in [0.15, 0.2) is 54.6 Å². The van der Waals surface area contributed by atoms with Crippen molar-refractivity contribution in [2.75, 3.05) is 14.2 Å². The molecule has 22 heavy (non-hydrogen) atoms. The van der Waals surface area contributed by atoms with Gasteiger partial charge in [-0.25, -0.2) is 4.79 Å². The molecule has 2 aromatic rings. The van der Waals surface area contributed by atoms with E-state index in [1.165, 1.54) is 7.11 Å². The zero-order chi connectivity index (χ0) is 15.9. The van der Waals surface area contributed by atoms with Crippen LogP contribution in [0.1, 0.15) is 12.5 Å². The van der Waals surface area contributed by atoms with Gasteiger partial charge in [0.1, 0.15) is 5.75 Å². The third-order valence-electron chi connectivity index (χ3n) is 3.12. The summed E-state index contributed by atoms with van der Waals surface area (Å²) in [7, 11) is 2.94. The molecule has 2 aromatic carbocycles. The van der Waals surface area contributed by atoms with E-state index in [9.17, 15) is 4.79 Å². The zero-order valence-corrected chi connectivity index (χ0v) is 12.8. The minimum atomic E-state index is -0.359. The van der Waals surface area contributed by atoms with Crippen molar-refractivity contribution in [3.63, 3.8) is 0 Å². The third kappa shape index (κ3) is 3.67. The Morgan fingerprint density at radius 1 is 1.00 bits per heavy atom. The van der Waals surface area contributed by atoms with E-state index in [0.29, 0.717) is 11.3 Å². The molecular weight excluding hydrogens is 280 g/mol. The fourth-order valence-electron chi connectivity index (χ4n) is 1.97. The van der Waals surface area contributed by atoms with E-state index >= 15 is 0 Å². The van der Waals surface area contributed by atoms with Crippen molar-refractivity contribution in [3.8, 4) is 17.2 Å². The number of rotatable bonds is 3. The second-order valence-electron chi connectivity index (χ2n) is 4.44. The van der Waals surface area contributed by atoms with Crippen LogP contribution in [0.25, 0.3) is 5.57 Å².